The Hall–Kier alpha value is -1.36. The zero-order valence-electron chi connectivity index (χ0n) is 11.0. The van der Waals surface area contributed by atoms with Gasteiger partial charge >= 0.3 is 0 Å². The fourth-order valence-corrected chi connectivity index (χ4v) is 2.70. The molecule has 1 aliphatic heterocycles. The summed E-state index contributed by atoms with van der Waals surface area (Å²) in [5.74, 6) is 1.83. The van der Waals surface area contributed by atoms with E-state index in [2.05, 4.69) is 31.4 Å². The molecule has 0 radical (unpaired) electrons. The van der Waals surface area contributed by atoms with Crippen LogP contribution in [0.5, 0.6) is 0 Å². The smallest absolute Gasteiger partial charge is 0.151 e. The van der Waals surface area contributed by atoms with Gasteiger partial charge in [-0.15, -0.1) is 10.2 Å². The van der Waals surface area contributed by atoms with Crippen molar-refractivity contribution in [3.8, 4) is 0 Å². The molecule has 98 valence electrons. The van der Waals surface area contributed by atoms with Crippen LogP contribution in [-0.4, -0.2) is 54.4 Å². The van der Waals surface area contributed by atoms with Crippen molar-refractivity contribution in [2.24, 2.45) is 0 Å². The van der Waals surface area contributed by atoms with E-state index in [4.69, 9.17) is 0 Å². The number of nitrogens with one attached hydrogen (secondary N) is 1. The molecule has 18 heavy (non-hydrogen) atoms. The number of aromatic nitrogens is 2. The molecule has 1 aromatic rings. The molecule has 0 aromatic carbocycles. The highest BCUT2D eigenvalue weighted by atomic mass is 15.3. The lowest BCUT2D eigenvalue weighted by molar-refractivity contribution is 0.120. The van der Waals surface area contributed by atoms with E-state index in [1.807, 2.05) is 13.1 Å². The average Bonchev–Trinajstić information content (AvgIpc) is 2.38. The van der Waals surface area contributed by atoms with E-state index in [1.165, 1.54) is 32.4 Å². The zero-order chi connectivity index (χ0) is 12.4. The number of rotatable bonds is 3. The van der Waals surface area contributed by atoms with Gasteiger partial charge in [-0.2, -0.15) is 0 Å². The van der Waals surface area contributed by atoms with Gasteiger partial charge < -0.3 is 10.2 Å². The molecule has 1 aromatic heterocycles. The standard InChI is InChI=1S/C13H21N5/c1-14-12-5-6-13(16-15-12)18-9-7-17(8-10-18)11-3-2-4-11/h5-6,11H,2-4,7-10H2,1H3,(H,14,15). The molecule has 1 aliphatic carbocycles. The Kier molecular flexibility index (Phi) is 3.32. The van der Waals surface area contributed by atoms with Gasteiger partial charge in [0.05, 0.1) is 0 Å². The van der Waals surface area contributed by atoms with Gasteiger partial charge in [-0.25, -0.2) is 0 Å². The molecule has 0 unspecified atom stereocenters. The molecule has 5 nitrogen and oxygen atoms in total. The first-order chi connectivity index (χ1) is 8.86. The number of piperazine rings is 1. The van der Waals surface area contributed by atoms with Crippen molar-refractivity contribution >= 4 is 11.6 Å². The second kappa shape index (κ2) is 5.10. The molecule has 0 bridgehead atoms. The number of hydrogen-bond acceptors (Lipinski definition) is 5. The largest absolute Gasteiger partial charge is 0.372 e. The summed E-state index contributed by atoms with van der Waals surface area (Å²) >= 11 is 0. The van der Waals surface area contributed by atoms with Gasteiger partial charge in [0.1, 0.15) is 5.82 Å². The zero-order valence-corrected chi connectivity index (χ0v) is 11.0. The molecule has 2 fully saturated rings. The van der Waals surface area contributed by atoms with Crippen molar-refractivity contribution in [1.29, 1.82) is 0 Å². The first-order valence-corrected chi connectivity index (χ1v) is 6.87. The van der Waals surface area contributed by atoms with Crippen molar-refractivity contribution in [3.05, 3.63) is 12.1 Å². The summed E-state index contributed by atoms with van der Waals surface area (Å²) in [6.45, 7) is 4.48. The maximum absolute atomic E-state index is 4.27. The quantitative estimate of drug-likeness (QED) is 0.869. The van der Waals surface area contributed by atoms with Crippen LogP contribution in [0.15, 0.2) is 12.1 Å². The molecule has 1 saturated carbocycles. The van der Waals surface area contributed by atoms with Crippen LogP contribution in [0.1, 0.15) is 19.3 Å². The minimum atomic E-state index is 0.826. The van der Waals surface area contributed by atoms with Crippen molar-refractivity contribution < 1.29 is 0 Å². The summed E-state index contributed by atoms with van der Waals surface area (Å²) in [4.78, 5) is 4.97. The molecule has 1 N–H and O–H groups in total. The summed E-state index contributed by atoms with van der Waals surface area (Å²) < 4.78 is 0. The van der Waals surface area contributed by atoms with Crippen LogP contribution in [0.3, 0.4) is 0 Å². The second-order valence-corrected chi connectivity index (χ2v) is 5.13. The van der Waals surface area contributed by atoms with E-state index in [-0.39, 0.29) is 0 Å². The Morgan fingerprint density at radius 3 is 2.39 bits per heavy atom. The Morgan fingerprint density at radius 2 is 1.89 bits per heavy atom. The molecule has 1 saturated heterocycles. The fraction of sp³-hybridized carbons (Fsp3) is 0.692. The molecule has 2 aliphatic rings. The third kappa shape index (κ3) is 2.27. The highest BCUT2D eigenvalue weighted by molar-refractivity contribution is 5.43. The average molecular weight is 247 g/mol. The van der Waals surface area contributed by atoms with E-state index in [0.717, 1.165) is 30.8 Å². The molecular formula is C13H21N5. The monoisotopic (exact) mass is 247 g/mol. The summed E-state index contributed by atoms with van der Waals surface area (Å²) in [5, 5.41) is 11.4. The first kappa shape index (κ1) is 11.7. The summed E-state index contributed by atoms with van der Waals surface area (Å²) in [6.07, 6.45) is 4.22. The topological polar surface area (TPSA) is 44.3 Å². The number of anilines is 2. The third-order valence-corrected chi connectivity index (χ3v) is 4.14. The van der Waals surface area contributed by atoms with Crippen molar-refractivity contribution in [3.63, 3.8) is 0 Å². The Morgan fingerprint density at radius 1 is 1.11 bits per heavy atom. The molecule has 5 heteroatoms. The van der Waals surface area contributed by atoms with Gasteiger partial charge in [0.2, 0.25) is 0 Å². The molecule has 3 rings (SSSR count). The van der Waals surface area contributed by atoms with Gasteiger partial charge in [0.25, 0.3) is 0 Å². The highest BCUT2D eigenvalue weighted by Gasteiger charge is 2.28. The third-order valence-electron chi connectivity index (χ3n) is 4.14. The Bertz CT molecular complexity index is 379. The lowest BCUT2D eigenvalue weighted by atomic mass is 9.91. The van der Waals surface area contributed by atoms with E-state index < -0.39 is 0 Å². The lowest BCUT2D eigenvalue weighted by Crippen LogP contribution is -2.52. The van der Waals surface area contributed by atoms with E-state index in [0.29, 0.717) is 0 Å². The Labute approximate surface area is 108 Å². The van der Waals surface area contributed by atoms with Crippen molar-refractivity contribution in [1.82, 2.24) is 15.1 Å². The first-order valence-electron chi connectivity index (χ1n) is 6.87. The van der Waals surface area contributed by atoms with Crippen LogP contribution in [0, 0.1) is 0 Å². The number of nitrogens with zero attached hydrogens (tertiary/aromatic N) is 4. The molecular weight excluding hydrogens is 226 g/mol. The van der Waals surface area contributed by atoms with E-state index in [1.54, 1.807) is 0 Å². The van der Waals surface area contributed by atoms with Crippen LogP contribution in [0.4, 0.5) is 11.6 Å². The molecule has 0 spiro atoms. The van der Waals surface area contributed by atoms with Gasteiger partial charge in [-0.05, 0) is 25.0 Å². The summed E-state index contributed by atoms with van der Waals surface area (Å²) in [6, 6.07) is 4.91. The van der Waals surface area contributed by atoms with Crippen LogP contribution < -0.4 is 10.2 Å². The van der Waals surface area contributed by atoms with Crippen LogP contribution >= 0.6 is 0 Å². The van der Waals surface area contributed by atoms with Gasteiger partial charge in [0.15, 0.2) is 5.82 Å². The van der Waals surface area contributed by atoms with Crippen LogP contribution in [0.25, 0.3) is 0 Å². The van der Waals surface area contributed by atoms with Crippen LogP contribution in [0.2, 0.25) is 0 Å². The summed E-state index contributed by atoms with van der Waals surface area (Å²) in [7, 11) is 1.86. The van der Waals surface area contributed by atoms with Crippen molar-refractivity contribution in [2.75, 3.05) is 43.4 Å². The SMILES string of the molecule is CNc1ccc(N2CCN(C3CCC3)CC2)nn1. The minimum absolute atomic E-state index is 0.826. The molecule has 0 atom stereocenters. The van der Waals surface area contributed by atoms with Crippen molar-refractivity contribution in [2.45, 2.75) is 25.3 Å². The Balaban J connectivity index is 1.57. The molecule has 0 amide bonds. The lowest BCUT2D eigenvalue weighted by Gasteiger charge is -2.43. The van der Waals surface area contributed by atoms with E-state index >= 15 is 0 Å². The second-order valence-electron chi connectivity index (χ2n) is 5.13. The predicted molar refractivity (Wildman–Crippen MR) is 73.0 cm³/mol. The maximum atomic E-state index is 4.27. The fourth-order valence-electron chi connectivity index (χ4n) is 2.70. The summed E-state index contributed by atoms with van der Waals surface area (Å²) in [5.41, 5.74) is 0. The predicted octanol–water partition coefficient (Wildman–Crippen LogP) is 1.19. The molecule has 2 heterocycles. The minimum Gasteiger partial charge on any atom is -0.372 e. The van der Waals surface area contributed by atoms with Gasteiger partial charge in [-0.3, -0.25) is 4.90 Å². The normalized spacial score (nSPS) is 21.7. The van der Waals surface area contributed by atoms with E-state index in [9.17, 15) is 0 Å². The highest BCUT2D eigenvalue weighted by Crippen LogP contribution is 2.26. The number of hydrogen-bond donors (Lipinski definition) is 1. The van der Waals surface area contributed by atoms with Gasteiger partial charge in [-0.1, -0.05) is 6.42 Å². The van der Waals surface area contributed by atoms with Crippen LogP contribution in [-0.2, 0) is 0 Å². The maximum Gasteiger partial charge on any atom is 0.151 e. The van der Waals surface area contributed by atoms with Gasteiger partial charge in [0, 0.05) is 39.3 Å².